The number of ether oxygens (including phenoxy) is 2. The number of fused-ring (bicyclic) bond motifs is 4. The highest BCUT2D eigenvalue weighted by Crippen LogP contribution is 2.49. The van der Waals surface area contributed by atoms with E-state index < -0.39 is 52.7 Å². The third-order valence-electron chi connectivity index (χ3n) is 6.78. The van der Waals surface area contributed by atoms with Crippen molar-refractivity contribution in [3.8, 4) is 5.75 Å². The predicted octanol–water partition coefficient (Wildman–Crippen LogP) is 6.49. The Morgan fingerprint density at radius 3 is 2.48 bits per heavy atom. The van der Waals surface area contributed by atoms with Crippen LogP contribution in [0.3, 0.4) is 0 Å². The van der Waals surface area contributed by atoms with Crippen LogP contribution in [0, 0.1) is 0 Å². The van der Waals surface area contributed by atoms with Gasteiger partial charge in [-0.2, -0.15) is 13.2 Å². The number of nitrogens with zero attached hydrogens (tertiary/aromatic N) is 1. The lowest BCUT2D eigenvalue weighted by molar-refractivity contribution is -0.141. The summed E-state index contributed by atoms with van der Waals surface area (Å²) in [7, 11) is 0.948. The van der Waals surface area contributed by atoms with Crippen molar-refractivity contribution < 1.29 is 42.1 Å². The first kappa shape index (κ1) is 29.1. The van der Waals surface area contributed by atoms with E-state index in [2.05, 4.69) is 20.0 Å². The Balaban J connectivity index is 1.56. The molecule has 222 valence electrons. The number of H-pyrrole nitrogens is 2. The van der Waals surface area contributed by atoms with Crippen LogP contribution in [0.2, 0.25) is 0 Å². The fraction of sp³-hybridized carbons (Fsp3) is 0.321. The van der Waals surface area contributed by atoms with Crippen LogP contribution in [0.15, 0.2) is 30.3 Å². The van der Waals surface area contributed by atoms with E-state index in [0.29, 0.717) is 16.6 Å². The Morgan fingerprint density at radius 1 is 1.14 bits per heavy atom. The van der Waals surface area contributed by atoms with Gasteiger partial charge in [0.25, 0.3) is 5.91 Å². The molecule has 1 aliphatic heterocycles. The summed E-state index contributed by atoms with van der Waals surface area (Å²) in [4.78, 5) is 44.9. The topological polar surface area (TPSA) is 137 Å². The normalized spacial score (nSPS) is 15.2. The molecule has 0 spiro atoms. The molecule has 0 saturated carbocycles. The van der Waals surface area contributed by atoms with E-state index in [4.69, 9.17) is 16.3 Å². The second-order valence-electron chi connectivity index (χ2n) is 10.8. The Hall–Kier alpha value is -4.39. The third-order valence-corrected chi connectivity index (χ3v) is 7.15. The summed E-state index contributed by atoms with van der Waals surface area (Å²) in [6, 6.07) is 7.66. The smallest absolute Gasteiger partial charge is 0.432 e. The van der Waals surface area contributed by atoms with Gasteiger partial charge in [0, 0.05) is 46.4 Å². The number of aromatic amines is 2. The number of esters is 1. The van der Waals surface area contributed by atoms with Gasteiger partial charge >= 0.3 is 18.2 Å². The molecule has 2 amide bonds. The lowest BCUT2D eigenvalue weighted by Gasteiger charge is -2.19. The maximum atomic E-state index is 13.9. The average molecular weight is 607 g/mol. The number of carbonyl (C=O) groups excluding carboxylic acids is 3. The average Bonchev–Trinajstić information content (AvgIpc) is 3.59. The van der Waals surface area contributed by atoms with Crippen molar-refractivity contribution in [2.24, 2.45) is 0 Å². The molecule has 2 aromatic heterocycles. The first-order valence-electron chi connectivity index (χ1n) is 12.7. The monoisotopic (exact) mass is 606 g/mol. The van der Waals surface area contributed by atoms with Crippen LogP contribution in [-0.4, -0.2) is 58.2 Å². The fourth-order valence-electron chi connectivity index (χ4n) is 5.15. The standard InChI is InChI=1S/C28H26ClF3N4O6/c1-27(2,3)42-26(40)33-14-5-6-15-12(7-14)8-16(34-15)24(38)36-11-13(10-29)19-17(36)9-18(37)22-20(19)21(25(39)41-4)23(35-22)28(30,31)32/h5-9,13,34-35,37H,10-11H2,1-4H3,(H,33,40)/t13-/m1/s1. The summed E-state index contributed by atoms with van der Waals surface area (Å²) in [5.74, 6) is -3.15. The highest BCUT2D eigenvalue weighted by molar-refractivity contribution is 6.20. The van der Waals surface area contributed by atoms with E-state index in [1.807, 2.05) is 0 Å². The molecule has 3 heterocycles. The summed E-state index contributed by atoms with van der Waals surface area (Å²) in [6.07, 6.45) is -5.61. The lowest BCUT2D eigenvalue weighted by Crippen LogP contribution is -2.30. The van der Waals surface area contributed by atoms with E-state index >= 15 is 0 Å². The Kier molecular flexibility index (Phi) is 7.04. The van der Waals surface area contributed by atoms with Gasteiger partial charge in [0.2, 0.25) is 0 Å². The number of benzene rings is 2. The number of phenolic OH excluding ortho intramolecular Hbond substituents is 1. The van der Waals surface area contributed by atoms with Crippen molar-refractivity contribution in [2.75, 3.05) is 29.8 Å². The number of hydrogen-bond donors (Lipinski definition) is 4. The van der Waals surface area contributed by atoms with Crippen LogP contribution in [0.5, 0.6) is 5.75 Å². The molecule has 4 N–H and O–H groups in total. The minimum Gasteiger partial charge on any atom is -0.506 e. The van der Waals surface area contributed by atoms with Crippen LogP contribution in [-0.2, 0) is 15.7 Å². The molecule has 0 bridgehead atoms. The number of halogens is 4. The number of aromatic hydroxyl groups is 1. The summed E-state index contributed by atoms with van der Waals surface area (Å²) >= 11 is 6.22. The first-order chi connectivity index (χ1) is 19.6. The molecule has 4 aromatic rings. The number of anilines is 2. The zero-order valence-corrected chi connectivity index (χ0v) is 23.6. The van der Waals surface area contributed by atoms with Crippen LogP contribution >= 0.6 is 11.6 Å². The highest BCUT2D eigenvalue weighted by atomic mass is 35.5. The van der Waals surface area contributed by atoms with Gasteiger partial charge in [0.15, 0.2) is 0 Å². The molecule has 0 unspecified atom stereocenters. The number of alkyl halides is 4. The van der Waals surface area contributed by atoms with Crippen LogP contribution in [0.25, 0.3) is 21.8 Å². The quantitative estimate of drug-likeness (QED) is 0.155. The number of methoxy groups -OCH3 is 1. The largest absolute Gasteiger partial charge is 0.506 e. The van der Waals surface area contributed by atoms with E-state index in [0.717, 1.165) is 7.11 Å². The summed E-state index contributed by atoms with van der Waals surface area (Å²) < 4.78 is 51.6. The van der Waals surface area contributed by atoms with Gasteiger partial charge in [-0.25, -0.2) is 9.59 Å². The van der Waals surface area contributed by atoms with Crippen molar-refractivity contribution in [1.29, 1.82) is 0 Å². The molecular weight excluding hydrogens is 581 g/mol. The second-order valence-corrected chi connectivity index (χ2v) is 11.1. The van der Waals surface area contributed by atoms with Crippen molar-refractivity contribution >= 4 is 62.8 Å². The third kappa shape index (κ3) is 5.08. The SMILES string of the molecule is COC(=O)c1c(C(F)(F)F)[nH]c2c(O)cc3c(c12)[C@H](CCl)CN3C(=O)c1cc2cc(NC(=O)OC(C)(C)C)ccc2[nH]1. The van der Waals surface area contributed by atoms with Gasteiger partial charge in [0.1, 0.15) is 22.7 Å². The molecule has 0 radical (unpaired) electrons. The molecule has 42 heavy (non-hydrogen) atoms. The van der Waals surface area contributed by atoms with Crippen molar-refractivity contribution in [3.05, 3.63) is 52.8 Å². The van der Waals surface area contributed by atoms with Crippen LogP contribution < -0.4 is 10.2 Å². The molecule has 0 saturated heterocycles. The Labute approximate surface area is 241 Å². The number of aromatic nitrogens is 2. The predicted molar refractivity (Wildman–Crippen MR) is 150 cm³/mol. The molecule has 0 aliphatic carbocycles. The fourth-order valence-corrected chi connectivity index (χ4v) is 5.40. The van der Waals surface area contributed by atoms with Gasteiger partial charge in [-0.05, 0) is 50.6 Å². The van der Waals surface area contributed by atoms with Crippen LogP contribution in [0.4, 0.5) is 29.3 Å². The number of amides is 2. The number of carbonyl (C=O) groups is 3. The maximum Gasteiger partial charge on any atom is 0.432 e. The van der Waals surface area contributed by atoms with Crippen LogP contribution in [0.1, 0.15) is 58.8 Å². The van der Waals surface area contributed by atoms with Gasteiger partial charge in [-0.15, -0.1) is 11.6 Å². The van der Waals surface area contributed by atoms with Crippen molar-refractivity contribution in [2.45, 2.75) is 38.5 Å². The van der Waals surface area contributed by atoms with Gasteiger partial charge in [0.05, 0.1) is 23.9 Å². The summed E-state index contributed by atoms with van der Waals surface area (Å²) in [5.41, 5.74) is -1.73. The summed E-state index contributed by atoms with van der Waals surface area (Å²) in [6.45, 7) is 5.18. The molecule has 1 atom stereocenters. The molecular formula is C28H26ClF3N4O6. The molecule has 2 aromatic carbocycles. The van der Waals surface area contributed by atoms with E-state index in [1.54, 1.807) is 45.0 Å². The molecule has 0 fully saturated rings. The number of nitrogens with one attached hydrogen (secondary N) is 3. The number of hydrogen-bond acceptors (Lipinski definition) is 6. The minimum absolute atomic E-state index is 0.0236. The van der Waals surface area contributed by atoms with E-state index in [-0.39, 0.29) is 40.3 Å². The summed E-state index contributed by atoms with van der Waals surface area (Å²) in [5, 5.41) is 13.7. The number of phenols is 1. The second kappa shape index (κ2) is 10.2. The van der Waals surface area contributed by atoms with Gasteiger partial charge < -0.3 is 29.4 Å². The lowest BCUT2D eigenvalue weighted by atomic mass is 9.95. The maximum absolute atomic E-state index is 13.9. The minimum atomic E-state index is -4.96. The Bertz CT molecular complexity index is 1750. The number of rotatable bonds is 4. The molecule has 1 aliphatic rings. The van der Waals surface area contributed by atoms with Gasteiger partial charge in [-0.3, -0.25) is 10.1 Å². The highest BCUT2D eigenvalue weighted by Gasteiger charge is 2.43. The Morgan fingerprint density at radius 2 is 1.86 bits per heavy atom. The molecule has 5 rings (SSSR count). The van der Waals surface area contributed by atoms with E-state index in [1.165, 1.54) is 11.0 Å². The van der Waals surface area contributed by atoms with E-state index in [9.17, 15) is 32.7 Å². The zero-order valence-electron chi connectivity index (χ0n) is 22.8. The molecule has 10 nitrogen and oxygen atoms in total. The van der Waals surface area contributed by atoms with Crippen molar-refractivity contribution in [3.63, 3.8) is 0 Å². The first-order valence-corrected chi connectivity index (χ1v) is 13.2. The van der Waals surface area contributed by atoms with Gasteiger partial charge in [-0.1, -0.05) is 0 Å². The zero-order chi connectivity index (χ0) is 30.7. The molecule has 14 heteroatoms. The van der Waals surface area contributed by atoms with Crippen molar-refractivity contribution in [1.82, 2.24) is 9.97 Å².